The highest BCUT2D eigenvalue weighted by Gasteiger charge is 2.58. The van der Waals surface area contributed by atoms with Crippen LogP contribution in [0.5, 0.6) is 0 Å². The molecule has 16 nitrogen and oxygen atoms in total. The van der Waals surface area contributed by atoms with Gasteiger partial charge in [-0.15, -0.1) is 0 Å². The summed E-state index contributed by atoms with van der Waals surface area (Å²) < 4.78 is 26.4. The lowest BCUT2D eigenvalue weighted by Crippen LogP contribution is -2.63. The van der Waals surface area contributed by atoms with E-state index in [1.165, 1.54) is 0 Å². The Labute approximate surface area is 192 Å². The lowest BCUT2D eigenvalue weighted by Gasteiger charge is -2.44. The molecule has 0 aromatic rings. The van der Waals surface area contributed by atoms with Crippen molar-refractivity contribution in [1.82, 2.24) is 0 Å². The van der Waals surface area contributed by atoms with Crippen molar-refractivity contribution in [1.29, 1.82) is 0 Å². The second-order valence-corrected chi connectivity index (χ2v) is 8.41. The Kier molecular flexibility index (Phi) is 9.18. The van der Waals surface area contributed by atoms with Gasteiger partial charge in [0, 0.05) is 0 Å². The van der Waals surface area contributed by atoms with Crippen molar-refractivity contribution in [3.63, 3.8) is 0 Å². The summed E-state index contributed by atoms with van der Waals surface area (Å²) in [7, 11) is 0. The number of aliphatic hydroxyl groups is 11. The summed E-state index contributed by atoms with van der Waals surface area (Å²) in [5, 5.41) is 109. The predicted molar refractivity (Wildman–Crippen MR) is 101 cm³/mol. The molecule has 11 N–H and O–H groups in total. The molecule has 0 spiro atoms. The van der Waals surface area contributed by atoms with Crippen LogP contribution in [0.25, 0.3) is 0 Å². The van der Waals surface area contributed by atoms with Crippen LogP contribution < -0.4 is 0 Å². The first-order valence-corrected chi connectivity index (χ1v) is 10.6. The van der Waals surface area contributed by atoms with Gasteiger partial charge in [0.1, 0.15) is 73.8 Å². The zero-order valence-corrected chi connectivity index (χ0v) is 17.8. The molecule has 3 heterocycles. The van der Waals surface area contributed by atoms with E-state index in [1.807, 2.05) is 0 Å². The van der Waals surface area contributed by atoms with Crippen LogP contribution in [0.1, 0.15) is 0 Å². The summed E-state index contributed by atoms with van der Waals surface area (Å²) >= 11 is 0. The van der Waals surface area contributed by atoms with E-state index in [1.54, 1.807) is 0 Å². The number of ether oxygens (including phenoxy) is 5. The maximum atomic E-state index is 10.3. The molecule has 0 aromatic heterocycles. The molecular weight excluding hydrogens is 472 g/mol. The number of aliphatic hydroxyl groups excluding tert-OH is 11. The average molecular weight is 504 g/mol. The van der Waals surface area contributed by atoms with Crippen LogP contribution in [-0.4, -0.2) is 168 Å². The van der Waals surface area contributed by atoms with Gasteiger partial charge in [-0.25, -0.2) is 0 Å². The van der Waals surface area contributed by atoms with Gasteiger partial charge in [0.15, 0.2) is 12.6 Å². The number of rotatable bonds is 8. The van der Waals surface area contributed by atoms with Crippen molar-refractivity contribution < 1.29 is 79.9 Å². The molecule has 3 rings (SSSR count). The third-order valence-electron chi connectivity index (χ3n) is 6.16. The van der Waals surface area contributed by atoms with Crippen LogP contribution in [0.4, 0.5) is 0 Å². The molecule has 14 atom stereocenters. The summed E-state index contributed by atoms with van der Waals surface area (Å²) in [6, 6.07) is 0. The summed E-state index contributed by atoms with van der Waals surface area (Å²) in [6.45, 7) is -3.14. The summed E-state index contributed by atoms with van der Waals surface area (Å²) in [5.41, 5.74) is 0. The Hall–Kier alpha value is -0.640. The molecule has 3 fully saturated rings. The normalized spacial score (nSPS) is 52.1. The molecule has 3 aliphatic heterocycles. The standard InChI is InChI=1S/C18H32O16/c19-1-5-8(22)11(25)13(27)16(31-5)30-3-7-9(23)12(26)14(28)17(32-7)34-18(4-21)15(29)10(24)6(2-20)33-18/h5-17,19-29H,1-4H2/t5?,6-,7?,8+,9+,10-,11+,12+,13?,14?,15?,16-,17-,18+/m1/s1. The van der Waals surface area contributed by atoms with Gasteiger partial charge in [-0.2, -0.15) is 0 Å². The fourth-order valence-corrected chi connectivity index (χ4v) is 4.01. The Morgan fingerprint density at radius 1 is 0.588 bits per heavy atom. The molecule has 0 bridgehead atoms. The summed E-state index contributed by atoms with van der Waals surface area (Å²) in [5.74, 6) is -2.36. The van der Waals surface area contributed by atoms with Crippen molar-refractivity contribution >= 4 is 0 Å². The van der Waals surface area contributed by atoms with Gasteiger partial charge in [-0.3, -0.25) is 0 Å². The first-order chi connectivity index (χ1) is 16.0. The zero-order chi connectivity index (χ0) is 25.4. The minimum Gasteiger partial charge on any atom is -0.394 e. The molecule has 200 valence electrons. The van der Waals surface area contributed by atoms with E-state index < -0.39 is 112 Å². The molecule has 0 saturated carbocycles. The average Bonchev–Trinajstić information content (AvgIpc) is 3.08. The third kappa shape index (κ3) is 5.09. The Bertz CT molecular complexity index is 653. The zero-order valence-electron chi connectivity index (χ0n) is 17.8. The topological polar surface area (TPSA) is 269 Å². The van der Waals surface area contributed by atoms with E-state index in [2.05, 4.69) is 0 Å². The largest absolute Gasteiger partial charge is 0.394 e. The van der Waals surface area contributed by atoms with E-state index in [4.69, 9.17) is 23.7 Å². The van der Waals surface area contributed by atoms with Gasteiger partial charge in [0.05, 0.1) is 19.8 Å². The van der Waals surface area contributed by atoms with Gasteiger partial charge in [0.2, 0.25) is 5.79 Å². The van der Waals surface area contributed by atoms with Gasteiger partial charge < -0.3 is 79.9 Å². The highest BCUT2D eigenvalue weighted by Crippen LogP contribution is 2.36. The second-order valence-electron chi connectivity index (χ2n) is 8.41. The van der Waals surface area contributed by atoms with E-state index >= 15 is 0 Å². The molecular formula is C18H32O16. The molecule has 16 heteroatoms. The van der Waals surface area contributed by atoms with Crippen LogP contribution in [0.2, 0.25) is 0 Å². The SMILES string of the molecule is OCC1O[C@@H](OCC2O[C@H](O[C@]3(CO)O[C@H](CO)[C@@H](O)C3O)C(O)[C@@H](O)[C@H]2O)C(O)[C@@H](O)[C@H]1O. The molecule has 0 aromatic carbocycles. The van der Waals surface area contributed by atoms with Crippen molar-refractivity contribution in [2.75, 3.05) is 26.4 Å². The molecule has 0 amide bonds. The van der Waals surface area contributed by atoms with Crippen LogP contribution in [0.15, 0.2) is 0 Å². The summed E-state index contributed by atoms with van der Waals surface area (Å²) in [4.78, 5) is 0. The van der Waals surface area contributed by atoms with Gasteiger partial charge in [-0.05, 0) is 0 Å². The summed E-state index contributed by atoms with van der Waals surface area (Å²) in [6.07, 6.45) is -21.8. The second kappa shape index (κ2) is 11.2. The Balaban J connectivity index is 1.69. The van der Waals surface area contributed by atoms with Crippen LogP contribution >= 0.6 is 0 Å². The van der Waals surface area contributed by atoms with Gasteiger partial charge in [-0.1, -0.05) is 0 Å². The van der Waals surface area contributed by atoms with Crippen molar-refractivity contribution in [3.8, 4) is 0 Å². The monoisotopic (exact) mass is 504 g/mol. The van der Waals surface area contributed by atoms with Gasteiger partial charge >= 0.3 is 0 Å². The highest BCUT2D eigenvalue weighted by molar-refractivity contribution is 4.98. The first kappa shape index (κ1) is 27.9. The lowest BCUT2D eigenvalue weighted by atomic mass is 9.98. The number of hydrogen-bond acceptors (Lipinski definition) is 16. The molecule has 0 radical (unpaired) electrons. The van der Waals surface area contributed by atoms with E-state index in [0.29, 0.717) is 0 Å². The van der Waals surface area contributed by atoms with Crippen LogP contribution in [-0.2, 0) is 23.7 Å². The van der Waals surface area contributed by atoms with Crippen molar-refractivity contribution in [3.05, 3.63) is 0 Å². The molecule has 34 heavy (non-hydrogen) atoms. The van der Waals surface area contributed by atoms with E-state index in [9.17, 15) is 56.2 Å². The fraction of sp³-hybridized carbons (Fsp3) is 1.00. The minimum atomic E-state index is -2.36. The molecule has 3 saturated heterocycles. The number of hydrogen-bond donors (Lipinski definition) is 11. The lowest BCUT2D eigenvalue weighted by molar-refractivity contribution is -0.388. The van der Waals surface area contributed by atoms with Crippen LogP contribution in [0, 0.1) is 0 Å². The maximum absolute atomic E-state index is 10.3. The van der Waals surface area contributed by atoms with Crippen molar-refractivity contribution in [2.24, 2.45) is 0 Å². The van der Waals surface area contributed by atoms with E-state index in [0.717, 1.165) is 0 Å². The van der Waals surface area contributed by atoms with Crippen LogP contribution in [0.3, 0.4) is 0 Å². The molecule has 0 aliphatic carbocycles. The van der Waals surface area contributed by atoms with Crippen molar-refractivity contribution in [2.45, 2.75) is 85.5 Å². The first-order valence-electron chi connectivity index (χ1n) is 10.6. The molecule has 3 aliphatic rings. The minimum absolute atomic E-state index is 0.634. The fourth-order valence-electron chi connectivity index (χ4n) is 4.01. The smallest absolute Gasteiger partial charge is 0.224 e. The maximum Gasteiger partial charge on any atom is 0.224 e. The quantitative estimate of drug-likeness (QED) is 0.146. The Morgan fingerprint density at radius 3 is 1.65 bits per heavy atom. The third-order valence-corrected chi connectivity index (χ3v) is 6.16. The van der Waals surface area contributed by atoms with E-state index in [-0.39, 0.29) is 0 Å². The highest BCUT2D eigenvalue weighted by atomic mass is 16.8. The Morgan fingerprint density at radius 2 is 1.12 bits per heavy atom. The predicted octanol–water partition coefficient (Wildman–Crippen LogP) is -7.57. The molecule has 5 unspecified atom stereocenters. The van der Waals surface area contributed by atoms with Gasteiger partial charge in [0.25, 0.3) is 0 Å².